The van der Waals surface area contributed by atoms with Gasteiger partial charge in [-0.2, -0.15) is 0 Å². The van der Waals surface area contributed by atoms with Crippen molar-refractivity contribution in [2.24, 2.45) is 9.98 Å². The van der Waals surface area contributed by atoms with Crippen LogP contribution in [0.15, 0.2) is 113 Å². The van der Waals surface area contributed by atoms with E-state index in [1.54, 1.807) is 12.1 Å². The fourth-order valence-electron chi connectivity index (χ4n) is 7.36. The molecule has 4 heterocycles. The van der Waals surface area contributed by atoms with Crippen molar-refractivity contribution in [1.29, 1.82) is 0 Å². The highest BCUT2D eigenvalue weighted by Gasteiger charge is 2.37. The summed E-state index contributed by atoms with van der Waals surface area (Å²) in [5.41, 5.74) is 9.39. The van der Waals surface area contributed by atoms with E-state index in [0.717, 1.165) is 52.2 Å². The molecule has 0 fully saturated rings. The number of ether oxygens (including phenoxy) is 2. The van der Waals surface area contributed by atoms with Gasteiger partial charge in [-0.1, -0.05) is 36.4 Å². The quantitative estimate of drug-likeness (QED) is 0.196. The summed E-state index contributed by atoms with van der Waals surface area (Å²) in [5, 5.41) is 3.23. The SMILES string of the molecule is CNc1cc(COc2ccc3c(c2)N=C[C@@H]2Cc4ccccc4N2C3=O)cc(COc2ccc3c(c2)N=C[C@@H]2Cc4ccccc4N2C3=O)c1. The largest absolute Gasteiger partial charge is 0.489 e. The third-order valence-corrected chi connectivity index (χ3v) is 9.78. The van der Waals surface area contributed by atoms with Crippen LogP contribution in [0, 0.1) is 0 Å². The average Bonchev–Trinajstić information content (AvgIpc) is 3.64. The number of carbonyl (C=O) groups is 2. The van der Waals surface area contributed by atoms with E-state index in [0.29, 0.717) is 47.2 Å². The van der Waals surface area contributed by atoms with Crippen LogP contribution >= 0.6 is 0 Å². The molecule has 0 aromatic heterocycles. The summed E-state index contributed by atoms with van der Waals surface area (Å²) in [4.78, 5) is 40.3. The Morgan fingerprint density at radius 2 is 1.12 bits per heavy atom. The number of hydrogen-bond donors (Lipinski definition) is 1. The number of anilines is 3. The van der Waals surface area contributed by atoms with Gasteiger partial charge in [0.2, 0.25) is 0 Å². The van der Waals surface area contributed by atoms with Crippen LogP contribution in [0.5, 0.6) is 11.5 Å². The van der Waals surface area contributed by atoms with Crippen molar-refractivity contribution in [1.82, 2.24) is 0 Å². The third kappa shape index (κ3) is 5.18. The maximum atomic E-state index is 13.6. The number of benzene rings is 5. The molecule has 0 radical (unpaired) electrons. The average molecular weight is 660 g/mol. The van der Waals surface area contributed by atoms with Gasteiger partial charge in [0.05, 0.1) is 34.6 Å². The first-order valence-electron chi connectivity index (χ1n) is 16.8. The number of nitrogens with zero attached hydrogens (tertiary/aromatic N) is 4. The van der Waals surface area contributed by atoms with Crippen LogP contribution in [0.4, 0.5) is 28.4 Å². The maximum absolute atomic E-state index is 13.6. The Hall–Kier alpha value is -6.22. The molecular weight excluding hydrogens is 626 g/mol. The standard InChI is InChI=1S/C41H33N5O4/c1-42-29-15-25(23-49-32-10-12-34-36(19-32)43-21-30-17-27-6-2-4-8-38(27)45(30)40(34)47)14-26(16-29)24-50-33-11-13-35-37(20-33)44-22-31-18-28-7-3-5-9-39(28)46(31)41(35)48/h2-16,19-22,30-31,42H,17-18,23-24H2,1H3/t30-,31-/m0/s1. The van der Waals surface area contributed by atoms with E-state index < -0.39 is 0 Å². The molecule has 9 nitrogen and oxygen atoms in total. The molecule has 1 N–H and O–H groups in total. The van der Waals surface area contributed by atoms with E-state index in [1.165, 1.54) is 0 Å². The number of fused-ring (bicyclic) bond motifs is 8. The zero-order chi connectivity index (χ0) is 33.8. The molecule has 0 saturated heterocycles. The number of hydrogen-bond acceptors (Lipinski definition) is 7. The van der Waals surface area contributed by atoms with Gasteiger partial charge in [0, 0.05) is 61.5 Å². The molecule has 4 aliphatic heterocycles. The predicted octanol–water partition coefficient (Wildman–Crippen LogP) is 7.46. The first kappa shape index (κ1) is 29.9. The molecular formula is C41H33N5O4. The highest BCUT2D eigenvalue weighted by atomic mass is 16.5. The summed E-state index contributed by atoms with van der Waals surface area (Å²) in [6.07, 6.45) is 5.25. The second-order valence-electron chi connectivity index (χ2n) is 12.9. The van der Waals surface area contributed by atoms with Crippen LogP contribution in [-0.4, -0.2) is 43.4 Å². The lowest BCUT2D eigenvalue weighted by Gasteiger charge is -2.21. The van der Waals surface area contributed by atoms with Crippen LogP contribution in [0.25, 0.3) is 0 Å². The predicted molar refractivity (Wildman–Crippen MR) is 195 cm³/mol. The number of amides is 2. The lowest BCUT2D eigenvalue weighted by Crippen LogP contribution is -2.37. The second-order valence-corrected chi connectivity index (χ2v) is 12.9. The fraction of sp³-hybridized carbons (Fsp3) is 0.171. The smallest absolute Gasteiger partial charge is 0.261 e. The van der Waals surface area contributed by atoms with Crippen molar-refractivity contribution in [2.45, 2.75) is 38.1 Å². The van der Waals surface area contributed by atoms with Crippen LogP contribution in [-0.2, 0) is 26.1 Å². The van der Waals surface area contributed by atoms with Crippen LogP contribution in [0.2, 0.25) is 0 Å². The molecule has 9 rings (SSSR count). The van der Waals surface area contributed by atoms with Gasteiger partial charge >= 0.3 is 0 Å². The van der Waals surface area contributed by atoms with Crippen LogP contribution in [0.3, 0.4) is 0 Å². The second kappa shape index (κ2) is 12.0. The molecule has 0 aliphatic carbocycles. The molecule has 2 atom stereocenters. The Morgan fingerprint density at radius 3 is 1.60 bits per heavy atom. The minimum absolute atomic E-state index is 0.0515. The fourth-order valence-corrected chi connectivity index (χ4v) is 7.36. The summed E-state index contributed by atoms with van der Waals surface area (Å²) < 4.78 is 12.4. The van der Waals surface area contributed by atoms with Crippen molar-refractivity contribution in [3.05, 3.63) is 137 Å². The molecule has 5 aromatic rings. The maximum Gasteiger partial charge on any atom is 0.261 e. The zero-order valence-electron chi connectivity index (χ0n) is 27.4. The molecule has 0 saturated carbocycles. The van der Waals surface area contributed by atoms with E-state index in [1.807, 2.05) is 102 Å². The highest BCUT2D eigenvalue weighted by molar-refractivity contribution is 6.15. The summed E-state index contributed by atoms with van der Waals surface area (Å²) in [7, 11) is 1.88. The first-order chi connectivity index (χ1) is 24.5. The van der Waals surface area contributed by atoms with Gasteiger partial charge < -0.3 is 14.8 Å². The van der Waals surface area contributed by atoms with Gasteiger partial charge in [0.15, 0.2) is 0 Å². The highest BCUT2D eigenvalue weighted by Crippen LogP contribution is 2.39. The minimum atomic E-state index is -0.0986. The van der Waals surface area contributed by atoms with Crippen molar-refractivity contribution < 1.29 is 19.1 Å². The topological polar surface area (TPSA) is 95.8 Å². The Labute approximate surface area is 289 Å². The van der Waals surface area contributed by atoms with Crippen LogP contribution in [0.1, 0.15) is 43.0 Å². The molecule has 246 valence electrons. The third-order valence-electron chi connectivity index (χ3n) is 9.78. The lowest BCUT2D eigenvalue weighted by molar-refractivity contribution is 0.0979. The molecule has 0 unspecified atom stereocenters. The summed E-state index contributed by atoms with van der Waals surface area (Å²) in [6.45, 7) is 0.634. The minimum Gasteiger partial charge on any atom is -0.489 e. The molecule has 0 spiro atoms. The molecule has 2 amide bonds. The van der Waals surface area contributed by atoms with Crippen molar-refractivity contribution >= 4 is 52.7 Å². The zero-order valence-corrected chi connectivity index (χ0v) is 27.4. The van der Waals surface area contributed by atoms with Crippen molar-refractivity contribution in [3.8, 4) is 11.5 Å². The van der Waals surface area contributed by atoms with Crippen molar-refractivity contribution in [3.63, 3.8) is 0 Å². The number of para-hydroxylation sites is 2. The molecule has 9 heteroatoms. The number of nitrogens with one attached hydrogen (secondary N) is 1. The van der Waals surface area contributed by atoms with E-state index in [-0.39, 0.29) is 23.9 Å². The van der Waals surface area contributed by atoms with Gasteiger partial charge in [0.25, 0.3) is 11.8 Å². The normalized spacial score (nSPS) is 17.9. The summed E-state index contributed by atoms with van der Waals surface area (Å²) in [5.74, 6) is 1.16. The van der Waals surface area contributed by atoms with Crippen molar-refractivity contribution in [2.75, 3.05) is 22.2 Å². The molecule has 5 aromatic carbocycles. The number of aliphatic imine (C=N–C) groups is 2. The summed E-state index contributed by atoms with van der Waals surface area (Å²) >= 11 is 0. The molecule has 0 bridgehead atoms. The Morgan fingerprint density at radius 1 is 0.640 bits per heavy atom. The Balaban J connectivity index is 0.887. The molecule has 4 aliphatic rings. The van der Waals surface area contributed by atoms with Gasteiger partial charge in [-0.25, -0.2) is 0 Å². The monoisotopic (exact) mass is 659 g/mol. The summed E-state index contributed by atoms with van der Waals surface area (Å²) in [6, 6.07) is 32.9. The first-order valence-corrected chi connectivity index (χ1v) is 16.8. The van der Waals surface area contributed by atoms with Gasteiger partial charge in [-0.15, -0.1) is 0 Å². The van der Waals surface area contributed by atoms with E-state index >= 15 is 0 Å². The van der Waals surface area contributed by atoms with Gasteiger partial charge in [0.1, 0.15) is 24.7 Å². The lowest BCUT2D eigenvalue weighted by atomic mass is 10.1. The van der Waals surface area contributed by atoms with E-state index in [2.05, 4.69) is 23.5 Å². The van der Waals surface area contributed by atoms with Gasteiger partial charge in [-0.05, 0) is 76.9 Å². The Bertz CT molecular complexity index is 2110. The van der Waals surface area contributed by atoms with E-state index in [4.69, 9.17) is 19.5 Å². The van der Waals surface area contributed by atoms with Crippen LogP contribution < -0.4 is 24.6 Å². The number of carbonyl (C=O) groups excluding carboxylic acids is 2. The van der Waals surface area contributed by atoms with E-state index in [9.17, 15) is 9.59 Å². The van der Waals surface area contributed by atoms with Gasteiger partial charge in [-0.3, -0.25) is 29.4 Å². The molecule has 50 heavy (non-hydrogen) atoms. The Kier molecular flexibility index (Phi) is 7.19. The number of rotatable bonds is 7.